The minimum atomic E-state index is -1.26. The van der Waals surface area contributed by atoms with Gasteiger partial charge in [0.15, 0.2) is 17.2 Å². The van der Waals surface area contributed by atoms with Crippen molar-refractivity contribution in [2.75, 3.05) is 26.8 Å². The Kier molecular flexibility index (Phi) is 10.1. The fourth-order valence-corrected chi connectivity index (χ4v) is 2.95. The number of piperidine rings is 1. The molecule has 0 aliphatic carbocycles. The third-order valence-corrected chi connectivity index (χ3v) is 4.54. The van der Waals surface area contributed by atoms with Gasteiger partial charge in [-0.15, -0.1) is 0 Å². The third-order valence-electron chi connectivity index (χ3n) is 4.54. The average Bonchev–Trinajstić information content (AvgIpc) is 2.79. The van der Waals surface area contributed by atoms with Gasteiger partial charge in [-0.3, -0.25) is 0 Å². The van der Waals surface area contributed by atoms with E-state index in [-0.39, 0.29) is 5.82 Å². The first-order valence-corrected chi connectivity index (χ1v) is 10.2. The molecule has 1 aromatic heterocycles. The number of aliphatic carboxylic acids is 2. The summed E-state index contributed by atoms with van der Waals surface area (Å²) in [6.07, 6.45) is 3.43. The number of hydrogen-bond acceptors (Lipinski definition) is 7. The van der Waals surface area contributed by atoms with Gasteiger partial charge in [0.05, 0.1) is 13.7 Å². The Bertz CT molecular complexity index is 959. The van der Waals surface area contributed by atoms with Crippen molar-refractivity contribution in [2.45, 2.75) is 19.8 Å². The molecule has 1 aromatic carbocycles. The molecule has 0 spiro atoms. The summed E-state index contributed by atoms with van der Waals surface area (Å²) in [5.74, 6) is -0.793. The lowest BCUT2D eigenvalue weighted by Crippen LogP contribution is -2.33. The lowest BCUT2D eigenvalue weighted by Gasteiger charge is -2.23. The fraction of sp³-hybridized carbons (Fsp3) is 0.348. The lowest BCUT2D eigenvalue weighted by molar-refractivity contribution is -0.134. The van der Waals surface area contributed by atoms with Gasteiger partial charge in [-0.05, 0) is 50.6 Å². The topological polar surface area (TPSA) is 127 Å². The summed E-state index contributed by atoms with van der Waals surface area (Å²) in [5.41, 5.74) is 0.808. The van der Waals surface area contributed by atoms with Crippen LogP contribution in [-0.2, 0) is 9.59 Å². The van der Waals surface area contributed by atoms with E-state index >= 15 is 0 Å². The number of aromatic nitrogens is 1. The number of methoxy groups -OCH3 is 1. The summed E-state index contributed by atoms with van der Waals surface area (Å²) in [7, 11) is 1.47. The van der Waals surface area contributed by atoms with Crippen LogP contribution in [0.5, 0.6) is 23.1 Å². The summed E-state index contributed by atoms with van der Waals surface area (Å²) in [4.78, 5) is 23.5. The number of nitrogens with zero attached hydrogens (tertiary/aromatic N) is 1. The molecular formula is C23H27FN2O7. The molecule has 1 saturated heterocycles. The van der Waals surface area contributed by atoms with Crippen LogP contribution in [-0.4, -0.2) is 53.9 Å². The van der Waals surface area contributed by atoms with E-state index in [0.29, 0.717) is 47.8 Å². The maximum Gasteiger partial charge on any atom is 0.328 e. The largest absolute Gasteiger partial charge is 0.493 e. The standard InChI is InChI=1S/C19H23FN2O3.C4H4O4/c1-13-5-7-17(24-12-14-4-3-9-21-11-14)19(22-13)25-16-8-6-15(20)10-18(16)23-2;5-3(6)1-2-4(7)8/h5-8,10,14,21H,3-4,9,11-12H2,1-2H3;1-2H,(H,5,6)(H,7,8)/b;2-1+/t14-;/m0./s1. The minimum absolute atomic E-state index is 0.311. The van der Waals surface area contributed by atoms with Crippen molar-refractivity contribution in [2.24, 2.45) is 5.92 Å². The van der Waals surface area contributed by atoms with Crippen molar-refractivity contribution in [3.63, 3.8) is 0 Å². The SMILES string of the molecule is COc1cc(F)ccc1Oc1nc(C)ccc1OC[C@H]1CCCNC1.O=C(O)/C=C/C(=O)O. The van der Waals surface area contributed by atoms with Crippen LogP contribution in [0.25, 0.3) is 0 Å². The first-order chi connectivity index (χ1) is 15.8. The maximum atomic E-state index is 13.4. The van der Waals surface area contributed by atoms with E-state index < -0.39 is 11.9 Å². The molecule has 1 fully saturated rings. The number of halogens is 1. The van der Waals surface area contributed by atoms with Gasteiger partial charge >= 0.3 is 11.9 Å². The molecule has 1 atom stereocenters. The van der Waals surface area contributed by atoms with E-state index in [1.807, 2.05) is 19.1 Å². The summed E-state index contributed by atoms with van der Waals surface area (Å²) in [6.45, 7) is 4.51. The molecule has 2 aromatic rings. The molecule has 2 heterocycles. The summed E-state index contributed by atoms with van der Waals surface area (Å²) >= 11 is 0. The van der Waals surface area contributed by atoms with E-state index in [2.05, 4.69) is 10.3 Å². The molecule has 0 saturated carbocycles. The predicted octanol–water partition coefficient (Wildman–Crippen LogP) is 3.42. The van der Waals surface area contributed by atoms with Gasteiger partial charge in [-0.2, -0.15) is 0 Å². The van der Waals surface area contributed by atoms with Gasteiger partial charge in [0.25, 0.3) is 5.88 Å². The van der Waals surface area contributed by atoms with E-state index in [4.69, 9.17) is 24.4 Å². The highest BCUT2D eigenvalue weighted by Crippen LogP contribution is 2.35. The minimum Gasteiger partial charge on any atom is -0.493 e. The number of nitrogens with one attached hydrogen (secondary N) is 1. The van der Waals surface area contributed by atoms with Gasteiger partial charge in [0, 0.05) is 36.4 Å². The molecule has 1 aliphatic rings. The second kappa shape index (κ2) is 13.0. The smallest absolute Gasteiger partial charge is 0.328 e. The number of rotatable bonds is 8. The van der Waals surface area contributed by atoms with Crippen molar-refractivity contribution in [3.05, 3.63) is 54.0 Å². The van der Waals surface area contributed by atoms with E-state index in [9.17, 15) is 14.0 Å². The number of carboxylic acids is 2. The summed E-state index contributed by atoms with van der Waals surface area (Å²) < 4.78 is 30.4. The number of carbonyl (C=O) groups is 2. The normalized spacial score (nSPS) is 15.3. The Morgan fingerprint density at radius 2 is 1.85 bits per heavy atom. The molecule has 0 unspecified atom stereocenters. The van der Waals surface area contributed by atoms with Gasteiger partial charge in [0.1, 0.15) is 5.82 Å². The zero-order valence-electron chi connectivity index (χ0n) is 18.4. The van der Waals surface area contributed by atoms with Crippen molar-refractivity contribution < 1.29 is 38.4 Å². The number of benzene rings is 1. The van der Waals surface area contributed by atoms with Crippen LogP contribution in [0.2, 0.25) is 0 Å². The highest BCUT2D eigenvalue weighted by molar-refractivity contribution is 5.89. The van der Waals surface area contributed by atoms with Crippen LogP contribution >= 0.6 is 0 Å². The Labute approximate surface area is 190 Å². The highest BCUT2D eigenvalue weighted by atomic mass is 19.1. The Morgan fingerprint density at radius 3 is 2.45 bits per heavy atom. The molecule has 10 heteroatoms. The first-order valence-electron chi connectivity index (χ1n) is 10.2. The van der Waals surface area contributed by atoms with Crippen LogP contribution in [0, 0.1) is 18.7 Å². The van der Waals surface area contributed by atoms with E-state index in [0.717, 1.165) is 31.6 Å². The van der Waals surface area contributed by atoms with Crippen LogP contribution < -0.4 is 19.5 Å². The maximum absolute atomic E-state index is 13.4. The second-order valence-corrected chi connectivity index (χ2v) is 7.19. The van der Waals surface area contributed by atoms with Gasteiger partial charge in [0.2, 0.25) is 0 Å². The second-order valence-electron chi connectivity index (χ2n) is 7.19. The number of pyridine rings is 1. The van der Waals surface area contributed by atoms with Crippen molar-refractivity contribution in [1.29, 1.82) is 0 Å². The Morgan fingerprint density at radius 1 is 1.15 bits per heavy atom. The fourth-order valence-electron chi connectivity index (χ4n) is 2.95. The molecule has 3 rings (SSSR count). The molecule has 9 nitrogen and oxygen atoms in total. The van der Waals surface area contributed by atoms with Gasteiger partial charge in [-0.1, -0.05) is 0 Å². The highest BCUT2D eigenvalue weighted by Gasteiger charge is 2.17. The number of carboxylic acid groups (broad SMARTS) is 2. The van der Waals surface area contributed by atoms with Crippen LogP contribution in [0.4, 0.5) is 4.39 Å². The number of ether oxygens (including phenoxy) is 3. The average molecular weight is 462 g/mol. The molecular weight excluding hydrogens is 435 g/mol. The van der Waals surface area contributed by atoms with Gasteiger partial charge in [-0.25, -0.2) is 19.0 Å². The Balaban J connectivity index is 0.000000414. The van der Waals surface area contributed by atoms with Gasteiger partial charge < -0.3 is 29.7 Å². The molecule has 0 amide bonds. The van der Waals surface area contributed by atoms with Crippen molar-refractivity contribution in [1.82, 2.24) is 10.3 Å². The summed E-state index contributed by atoms with van der Waals surface area (Å²) in [6, 6.07) is 7.85. The van der Waals surface area contributed by atoms with Crippen LogP contribution in [0.1, 0.15) is 18.5 Å². The van der Waals surface area contributed by atoms with Crippen molar-refractivity contribution >= 4 is 11.9 Å². The van der Waals surface area contributed by atoms with Crippen LogP contribution in [0.3, 0.4) is 0 Å². The summed E-state index contributed by atoms with van der Waals surface area (Å²) in [5, 5.41) is 19.0. The number of aryl methyl sites for hydroxylation is 1. The molecule has 33 heavy (non-hydrogen) atoms. The lowest BCUT2D eigenvalue weighted by atomic mass is 10.0. The predicted molar refractivity (Wildman–Crippen MR) is 118 cm³/mol. The molecule has 0 bridgehead atoms. The van der Waals surface area contributed by atoms with Crippen molar-refractivity contribution in [3.8, 4) is 23.1 Å². The third kappa shape index (κ3) is 9.16. The van der Waals surface area contributed by atoms with Crippen LogP contribution in [0.15, 0.2) is 42.5 Å². The monoisotopic (exact) mass is 462 g/mol. The van der Waals surface area contributed by atoms with E-state index in [1.54, 1.807) is 0 Å². The zero-order valence-corrected chi connectivity index (χ0v) is 18.4. The first kappa shape index (κ1) is 25.6. The van der Waals surface area contributed by atoms with E-state index in [1.165, 1.54) is 25.3 Å². The number of hydrogen-bond donors (Lipinski definition) is 3. The Hall–Kier alpha value is -3.66. The zero-order chi connectivity index (χ0) is 24.2. The quantitative estimate of drug-likeness (QED) is 0.506. The molecule has 178 valence electrons. The molecule has 1 aliphatic heterocycles. The molecule has 3 N–H and O–H groups in total. The molecule has 0 radical (unpaired) electrons.